The first-order valence-corrected chi connectivity index (χ1v) is 11.2. The van der Waals surface area contributed by atoms with Gasteiger partial charge in [-0.2, -0.15) is 0 Å². The summed E-state index contributed by atoms with van der Waals surface area (Å²) < 4.78 is 0. The third kappa shape index (κ3) is 4.23. The van der Waals surface area contributed by atoms with E-state index >= 15 is 0 Å². The summed E-state index contributed by atoms with van der Waals surface area (Å²) in [6.07, 6.45) is 7.09. The molecule has 3 nitrogen and oxygen atoms in total. The number of amidine groups is 1. The summed E-state index contributed by atoms with van der Waals surface area (Å²) in [7, 11) is 2.09. The first kappa shape index (κ1) is 21.2. The summed E-state index contributed by atoms with van der Waals surface area (Å²) in [5.74, 6) is 1.06. The van der Waals surface area contributed by atoms with Crippen molar-refractivity contribution in [2.75, 3.05) is 12.4 Å². The molecule has 0 radical (unpaired) electrons. The standard InChI is InChI=1S/C28H33N3/c1-18(2)24-15-19(3)12-13-26(24)29-17-23-14-20(4)16-25-21(5)31(6)28(30-27(23)25)22-10-8-7-9-11-22/h10,12-16,29H,1,5,7-9,11,17H2,2-4,6H3. The van der Waals surface area contributed by atoms with Crippen LogP contribution < -0.4 is 5.32 Å². The van der Waals surface area contributed by atoms with Gasteiger partial charge in [-0.1, -0.05) is 36.9 Å². The van der Waals surface area contributed by atoms with E-state index in [1.807, 2.05) is 0 Å². The third-order valence-electron chi connectivity index (χ3n) is 6.27. The summed E-state index contributed by atoms with van der Waals surface area (Å²) in [5, 5.41) is 3.65. The minimum atomic E-state index is 0.709. The number of nitrogens with one attached hydrogen (secondary N) is 1. The first-order valence-electron chi connectivity index (χ1n) is 11.2. The molecule has 160 valence electrons. The van der Waals surface area contributed by atoms with Crippen LogP contribution in [0.2, 0.25) is 0 Å². The highest BCUT2D eigenvalue weighted by molar-refractivity contribution is 6.07. The Morgan fingerprint density at radius 1 is 1.13 bits per heavy atom. The maximum atomic E-state index is 5.18. The van der Waals surface area contributed by atoms with Gasteiger partial charge in [0.2, 0.25) is 0 Å². The predicted octanol–water partition coefficient (Wildman–Crippen LogP) is 7.40. The molecule has 0 unspecified atom stereocenters. The second kappa shape index (κ2) is 8.58. The first-order chi connectivity index (χ1) is 14.8. The maximum absolute atomic E-state index is 5.18. The van der Waals surface area contributed by atoms with Crippen LogP contribution in [0.1, 0.15) is 60.4 Å². The average molecular weight is 412 g/mol. The molecule has 0 aromatic heterocycles. The van der Waals surface area contributed by atoms with Crippen molar-refractivity contribution < 1.29 is 0 Å². The van der Waals surface area contributed by atoms with Gasteiger partial charge in [0.25, 0.3) is 0 Å². The smallest absolute Gasteiger partial charge is 0.136 e. The zero-order valence-corrected chi connectivity index (χ0v) is 19.3. The van der Waals surface area contributed by atoms with Gasteiger partial charge >= 0.3 is 0 Å². The van der Waals surface area contributed by atoms with Crippen molar-refractivity contribution in [3.05, 3.63) is 83.0 Å². The van der Waals surface area contributed by atoms with Crippen LogP contribution in [0.25, 0.3) is 11.3 Å². The summed E-state index contributed by atoms with van der Waals surface area (Å²) in [6.45, 7) is 15.6. The van der Waals surface area contributed by atoms with Gasteiger partial charge < -0.3 is 10.2 Å². The Labute approximate surface area is 186 Å². The normalized spacial score (nSPS) is 15.9. The van der Waals surface area contributed by atoms with E-state index in [9.17, 15) is 0 Å². The number of aryl methyl sites for hydroxylation is 2. The number of benzene rings is 2. The molecular weight excluding hydrogens is 378 g/mol. The molecule has 1 aliphatic carbocycles. The summed E-state index contributed by atoms with van der Waals surface area (Å²) in [6, 6.07) is 10.9. The van der Waals surface area contributed by atoms with Crippen LogP contribution in [0.15, 0.2) is 60.1 Å². The molecule has 3 heteroatoms. The Hall–Kier alpha value is -3.07. The van der Waals surface area contributed by atoms with Crippen molar-refractivity contribution in [3.63, 3.8) is 0 Å². The molecule has 0 spiro atoms. The number of fused-ring (bicyclic) bond motifs is 1. The van der Waals surface area contributed by atoms with Crippen molar-refractivity contribution in [2.24, 2.45) is 4.99 Å². The van der Waals surface area contributed by atoms with Crippen molar-refractivity contribution in [1.29, 1.82) is 0 Å². The fourth-order valence-corrected chi connectivity index (χ4v) is 4.51. The van der Waals surface area contributed by atoms with E-state index in [1.165, 1.54) is 40.7 Å². The molecule has 0 fully saturated rings. The second-order valence-corrected chi connectivity index (χ2v) is 8.92. The lowest BCUT2D eigenvalue weighted by atomic mass is 9.94. The summed E-state index contributed by atoms with van der Waals surface area (Å²) >= 11 is 0. The van der Waals surface area contributed by atoms with E-state index in [-0.39, 0.29) is 0 Å². The number of hydrogen-bond donors (Lipinski definition) is 1. The van der Waals surface area contributed by atoms with Gasteiger partial charge in [-0.25, -0.2) is 4.99 Å². The molecule has 1 N–H and O–H groups in total. The highest BCUT2D eigenvalue weighted by atomic mass is 15.2. The molecule has 2 aromatic rings. The van der Waals surface area contributed by atoms with Crippen LogP contribution in [-0.2, 0) is 6.54 Å². The van der Waals surface area contributed by atoms with E-state index in [0.717, 1.165) is 46.9 Å². The lowest BCUT2D eigenvalue weighted by Gasteiger charge is -2.32. The SMILES string of the molecule is C=C(C)c1cc(C)ccc1NCc1cc(C)cc2c1N=C(C1=CCCCC1)N(C)C2=C. The summed E-state index contributed by atoms with van der Waals surface area (Å²) in [5.41, 5.74) is 11.6. The molecule has 0 saturated heterocycles. The van der Waals surface area contributed by atoms with Gasteiger partial charge in [-0.15, -0.1) is 0 Å². The molecule has 1 heterocycles. The van der Waals surface area contributed by atoms with Crippen LogP contribution in [-0.4, -0.2) is 17.8 Å². The molecule has 0 saturated carbocycles. The highest BCUT2D eigenvalue weighted by Crippen LogP contribution is 2.39. The topological polar surface area (TPSA) is 27.6 Å². The van der Waals surface area contributed by atoms with Crippen molar-refractivity contribution in [3.8, 4) is 0 Å². The fourth-order valence-electron chi connectivity index (χ4n) is 4.51. The summed E-state index contributed by atoms with van der Waals surface area (Å²) in [4.78, 5) is 7.34. The van der Waals surface area contributed by atoms with Crippen molar-refractivity contribution >= 4 is 28.5 Å². The molecule has 0 amide bonds. The van der Waals surface area contributed by atoms with Gasteiger partial charge in [0.05, 0.1) is 5.69 Å². The van der Waals surface area contributed by atoms with Crippen molar-refractivity contribution in [1.82, 2.24) is 4.90 Å². The Kier molecular flexibility index (Phi) is 5.86. The minimum absolute atomic E-state index is 0.709. The molecular formula is C28H33N3. The van der Waals surface area contributed by atoms with Crippen LogP contribution >= 0.6 is 0 Å². The zero-order chi connectivity index (χ0) is 22.1. The van der Waals surface area contributed by atoms with E-state index in [1.54, 1.807) is 0 Å². The lowest BCUT2D eigenvalue weighted by Crippen LogP contribution is -2.30. The number of likely N-dealkylation sites (N-methyl/N-ethyl adjacent to an activating group) is 1. The molecule has 2 aromatic carbocycles. The third-order valence-corrected chi connectivity index (χ3v) is 6.27. The Morgan fingerprint density at radius 3 is 2.65 bits per heavy atom. The molecule has 2 aliphatic rings. The van der Waals surface area contributed by atoms with Gasteiger partial charge in [-0.3, -0.25) is 0 Å². The van der Waals surface area contributed by atoms with Crippen LogP contribution in [0.3, 0.4) is 0 Å². The number of allylic oxidation sites excluding steroid dienone is 2. The quantitative estimate of drug-likeness (QED) is 0.555. The minimum Gasteiger partial charge on any atom is -0.380 e. The van der Waals surface area contributed by atoms with Crippen molar-refractivity contribution in [2.45, 2.75) is 53.0 Å². The van der Waals surface area contributed by atoms with E-state index in [0.29, 0.717) is 6.54 Å². The van der Waals surface area contributed by atoms with E-state index in [4.69, 9.17) is 4.99 Å². The monoisotopic (exact) mass is 411 g/mol. The lowest BCUT2D eigenvalue weighted by molar-refractivity contribution is 0.671. The van der Waals surface area contributed by atoms with E-state index in [2.05, 4.69) is 87.6 Å². The zero-order valence-electron chi connectivity index (χ0n) is 19.3. The Balaban J connectivity index is 1.73. The maximum Gasteiger partial charge on any atom is 0.136 e. The van der Waals surface area contributed by atoms with E-state index < -0.39 is 0 Å². The molecule has 1 aliphatic heterocycles. The largest absolute Gasteiger partial charge is 0.380 e. The highest BCUT2D eigenvalue weighted by Gasteiger charge is 2.25. The number of rotatable bonds is 5. The van der Waals surface area contributed by atoms with Gasteiger partial charge in [0.1, 0.15) is 5.84 Å². The number of nitrogens with zero attached hydrogens (tertiary/aromatic N) is 2. The molecule has 31 heavy (non-hydrogen) atoms. The molecule has 0 bridgehead atoms. The van der Waals surface area contributed by atoms with Gasteiger partial charge in [-0.05, 0) is 86.9 Å². The number of hydrogen-bond acceptors (Lipinski definition) is 3. The van der Waals surface area contributed by atoms with Crippen LogP contribution in [0.5, 0.6) is 0 Å². The second-order valence-electron chi connectivity index (χ2n) is 8.92. The molecule has 4 rings (SSSR count). The Morgan fingerprint density at radius 2 is 1.94 bits per heavy atom. The predicted molar refractivity (Wildman–Crippen MR) is 135 cm³/mol. The average Bonchev–Trinajstić information content (AvgIpc) is 2.76. The van der Waals surface area contributed by atoms with Gasteiger partial charge in [0, 0.05) is 36.1 Å². The Bertz CT molecular complexity index is 1120. The number of aliphatic imine (C=N–C) groups is 1. The van der Waals surface area contributed by atoms with Crippen LogP contribution in [0, 0.1) is 13.8 Å². The fraction of sp³-hybridized carbons (Fsp3) is 0.321. The number of anilines is 1. The van der Waals surface area contributed by atoms with Gasteiger partial charge in [0.15, 0.2) is 0 Å². The van der Waals surface area contributed by atoms with Crippen LogP contribution in [0.4, 0.5) is 11.4 Å². The molecule has 0 atom stereocenters.